The summed E-state index contributed by atoms with van der Waals surface area (Å²) in [6, 6.07) is 7.47. The zero-order chi connectivity index (χ0) is 15.0. The van der Waals surface area contributed by atoms with Crippen molar-refractivity contribution in [2.45, 2.75) is 30.7 Å². The summed E-state index contributed by atoms with van der Waals surface area (Å²) in [5.41, 5.74) is 1.14. The average Bonchev–Trinajstić information content (AvgIpc) is 3.06. The first-order chi connectivity index (χ1) is 9.93. The zero-order valence-electron chi connectivity index (χ0n) is 12.6. The fourth-order valence-electron chi connectivity index (χ4n) is 3.58. The molecule has 0 saturated heterocycles. The van der Waals surface area contributed by atoms with E-state index in [1.54, 1.807) is 12.1 Å². The molecule has 2 bridgehead atoms. The third kappa shape index (κ3) is 3.22. The third-order valence-corrected chi connectivity index (χ3v) is 6.04. The maximum absolute atomic E-state index is 11.5. The van der Waals surface area contributed by atoms with Crippen LogP contribution in [0.15, 0.2) is 41.3 Å². The first kappa shape index (κ1) is 14.8. The minimum atomic E-state index is -3.10. The minimum absolute atomic E-state index is 0.252. The van der Waals surface area contributed by atoms with Crippen molar-refractivity contribution in [2.24, 2.45) is 17.8 Å². The van der Waals surface area contributed by atoms with E-state index in [4.69, 9.17) is 0 Å². The highest BCUT2D eigenvalue weighted by atomic mass is 32.2. The largest absolute Gasteiger partial charge is 0.310 e. The number of allylic oxidation sites excluding steroid dienone is 2. The van der Waals surface area contributed by atoms with Crippen LogP contribution in [-0.4, -0.2) is 21.2 Å². The highest BCUT2D eigenvalue weighted by Gasteiger charge is 2.35. The Labute approximate surface area is 127 Å². The molecule has 4 heteroatoms. The predicted octanol–water partition coefficient (Wildman–Crippen LogP) is 2.95. The van der Waals surface area contributed by atoms with Gasteiger partial charge in [0.15, 0.2) is 9.84 Å². The number of nitrogens with one attached hydrogen (secondary N) is 1. The highest BCUT2D eigenvalue weighted by molar-refractivity contribution is 7.90. The Kier molecular flexibility index (Phi) is 3.93. The topological polar surface area (TPSA) is 46.2 Å². The van der Waals surface area contributed by atoms with Crippen LogP contribution in [0.1, 0.15) is 31.4 Å². The molecular formula is C17H23NO2S. The molecule has 4 atom stereocenters. The molecule has 3 rings (SSSR count). The van der Waals surface area contributed by atoms with Crippen molar-refractivity contribution in [2.75, 3.05) is 12.8 Å². The molecule has 1 fully saturated rings. The van der Waals surface area contributed by atoms with E-state index in [-0.39, 0.29) is 6.04 Å². The van der Waals surface area contributed by atoms with Crippen LogP contribution < -0.4 is 5.32 Å². The molecule has 2 aliphatic carbocycles. The molecule has 21 heavy (non-hydrogen) atoms. The lowest BCUT2D eigenvalue weighted by atomic mass is 9.93. The monoisotopic (exact) mass is 305 g/mol. The fraction of sp³-hybridized carbons (Fsp3) is 0.529. The number of hydrogen-bond donors (Lipinski definition) is 1. The number of fused-ring (bicyclic) bond motifs is 2. The van der Waals surface area contributed by atoms with Gasteiger partial charge >= 0.3 is 0 Å². The highest BCUT2D eigenvalue weighted by Crippen LogP contribution is 2.43. The van der Waals surface area contributed by atoms with Gasteiger partial charge in [-0.25, -0.2) is 8.42 Å². The van der Waals surface area contributed by atoms with Gasteiger partial charge < -0.3 is 5.32 Å². The van der Waals surface area contributed by atoms with Gasteiger partial charge in [-0.1, -0.05) is 24.3 Å². The first-order valence-corrected chi connectivity index (χ1v) is 9.54. The van der Waals surface area contributed by atoms with Crippen LogP contribution in [0.4, 0.5) is 0 Å². The second kappa shape index (κ2) is 5.58. The Bertz CT molecular complexity index is 633. The Hall–Kier alpha value is -1.13. The SMILES string of the molecule is C[C@@H](NC[C@@H]1C[C@H]2C=C[C@H]1C2)c1ccc(S(C)(=O)=O)cc1. The summed E-state index contributed by atoms with van der Waals surface area (Å²) < 4.78 is 22.9. The summed E-state index contributed by atoms with van der Waals surface area (Å²) in [4.78, 5) is 0.386. The van der Waals surface area contributed by atoms with Crippen molar-refractivity contribution in [3.05, 3.63) is 42.0 Å². The lowest BCUT2D eigenvalue weighted by molar-refractivity contribution is 0.393. The Morgan fingerprint density at radius 3 is 2.43 bits per heavy atom. The summed E-state index contributed by atoms with van der Waals surface area (Å²) in [5.74, 6) is 2.34. The van der Waals surface area contributed by atoms with E-state index < -0.39 is 9.84 Å². The summed E-state index contributed by atoms with van der Waals surface area (Å²) in [6.07, 6.45) is 8.64. The van der Waals surface area contributed by atoms with Crippen molar-refractivity contribution in [1.82, 2.24) is 5.32 Å². The van der Waals surface area contributed by atoms with Crippen molar-refractivity contribution in [3.63, 3.8) is 0 Å². The maximum atomic E-state index is 11.5. The van der Waals surface area contributed by atoms with Gasteiger partial charge in [-0.15, -0.1) is 0 Å². The molecule has 1 N–H and O–H groups in total. The molecular weight excluding hydrogens is 282 g/mol. The van der Waals surface area contributed by atoms with Gasteiger partial charge in [0.1, 0.15) is 0 Å². The molecule has 0 spiro atoms. The van der Waals surface area contributed by atoms with Crippen molar-refractivity contribution >= 4 is 9.84 Å². The lowest BCUT2D eigenvalue weighted by Gasteiger charge is -2.22. The molecule has 0 amide bonds. The van der Waals surface area contributed by atoms with E-state index in [1.807, 2.05) is 12.1 Å². The Morgan fingerprint density at radius 2 is 1.90 bits per heavy atom. The number of sulfone groups is 1. The summed E-state index contributed by atoms with van der Waals surface area (Å²) in [6.45, 7) is 3.18. The Balaban J connectivity index is 1.58. The first-order valence-electron chi connectivity index (χ1n) is 7.65. The van der Waals surface area contributed by atoms with Gasteiger partial charge in [-0.05, 0) is 61.8 Å². The van der Waals surface area contributed by atoms with E-state index in [0.717, 1.165) is 29.9 Å². The number of benzene rings is 1. The van der Waals surface area contributed by atoms with Crippen LogP contribution in [-0.2, 0) is 9.84 Å². The van der Waals surface area contributed by atoms with Gasteiger partial charge in [0.25, 0.3) is 0 Å². The molecule has 0 heterocycles. The maximum Gasteiger partial charge on any atom is 0.175 e. The van der Waals surface area contributed by atoms with Gasteiger partial charge in [-0.3, -0.25) is 0 Å². The van der Waals surface area contributed by atoms with Gasteiger partial charge in [-0.2, -0.15) is 0 Å². The van der Waals surface area contributed by atoms with Crippen LogP contribution in [0.25, 0.3) is 0 Å². The molecule has 3 nitrogen and oxygen atoms in total. The molecule has 114 valence electrons. The molecule has 0 aromatic heterocycles. The number of hydrogen-bond acceptors (Lipinski definition) is 3. The number of rotatable bonds is 5. The minimum Gasteiger partial charge on any atom is -0.310 e. The molecule has 0 aliphatic heterocycles. The van der Waals surface area contributed by atoms with Crippen LogP contribution in [0.3, 0.4) is 0 Å². The van der Waals surface area contributed by atoms with Crippen LogP contribution >= 0.6 is 0 Å². The molecule has 0 unspecified atom stereocenters. The summed E-state index contributed by atoms with van der Waals surface area (Å²) in [5, 5.41) is 3.60. The smallest absolute Gasteiger partial charge is 0.175 e. The predicted molar refractivity (Wildman–Crippen MR) is 84.8 cm³/mol. The van der Waals surface area contributed by atoms with Gasteiger partial charge in [0, 0.05) is 12.3 Å². The zero-order valence-corrected chi connectivity index (χ0v) is 13.4. The Morgan fingerprint density at radius 1 is 1.19 bits per heavy atom. The summed E-state index contributed by atoms with van der Waals surface area (Å²) in [7, 11) is -3.10. The van der Waals surface area contributed by atoms with E-state index in [0.29, 0.717) is 4.90 Å². The second-order valence-corrected chi connectivity index (χ2v) is 8.53. The summed E-state index contributed by atoms with van der Waals surface area (Å²) >= 11 is 0. The van der Waals surface area contributed by atoms with Gasteiger partial charge in [0.05, 0.1) is 4.90 Å². The quantitative estimate of drug-likeness (QED) is 0.851. The molecule has 1 aromatic carbocycles. The molecule has 2 aliphatic rings. The van der Waals surface area contributed by atoms with E-state index >= 15 is 0 Å². The normalized spacial score (nSPS) is 29.0. The molecule has 0 radical (unpaired) electrons. The lowest BCUT2D eigenvalue weighted by Crippen LogP contribution is -2.27. The van der Waals surface area contributed by atoms with Crippen molar-refractivity contribution in [1.29, 1.82) is 0 Å². The van der Waals surface area contributed by atoms with Crippen LogP contribution in [0, 0.1) is 17.8 Å². The average molecular weight is 305 g/mol. The van der Waals surface area contributed by atoms with Crippen LogP contribution in [0.2, 0.25) is 0 Å². The van der Waals surface area contributed by atoms with E-state index in [2.05, 4.69) is 24.4 Å². The molecule has 1 aromatic rings. The van der Waals surface area contributed by atoms with Crippen molar-refractivity contribution in [3.8, 4) is 0 Å². The van der Waals surface area contributed by atoms with Crippen molar-refractivity contribution < 1.29 is 8.42 Å². The fourth-order valence-corrected chi connectivity index (χ4v) is 4.21. The van der Waals surface area contributed by atoms with Gasteiger partial charge in [0.2, 0.25) is 0 Å². The van der Waals surface area contributed by atoms with E-state index in [9.17, 15) is 8.42 Å². The van der Waals surface area contributed by atoms with E-state index in [1.165, 1.54) is 19.1 Å². The standard InChI is InChI=1S/C17H23NO2S/c1-12(14-5-7-17(8-6-14)21(2,19)20)18-11-16-10-13-3-4-15(16)9-13/h3-8,12-13,15-16,18H,9-11H2,1-2H3/t12-,13+,15+,16+/m1/s1. The van der Waals surface area contributed by atoms with Crippen LogP contribution in [0.5, 0.6) is 0 Å². The molecule has 1 saturated carbocycles. The second-order valence-electron chi connectivity index (χ2n) is 6.51. The third-order valence-electron chi connectivity index (χ3n) is 4.91.